The molecule has 1 heterocycles. The highest BCUT2D eigenvalue weighted by Gasteiger charge is 2.17. The van der Waals surface area contributed by atoms with E-state index < -0.39 is 16.9 Å². The topological polar surface area (TPSA) is 99.4 Å². The summed E-state index contributed by atoms with van der Waals surface area (Å²) in [5, 5.41) is 2.62. The molecule has 17 heavy (non-hydrogen) atoms. The van der Waals surface area contributed by atoms with Crippen molar-refractivity contribution in [2.45, 2.75) is 33.9 Å². The maximum atomic E-state index is 11.9. The van der Waals surface area contributed by atoms with E-state index in [1.807, 2.05) is 13.8 Å². The summed E-state index contributed by atoms with van der Waals surface area (Å²) in [7, 11) is 0. The lowest BCUT2D eigenvalue weighted by Gasteiger charge is -2.13. The van der Waals surface area contributed by atoms with E-state index in [9.17, 15) is 14.5 Å². The lowest BCUT2D eigenvalue weighted by atomic mass is 10.2. The summed E-state index contributed by atoms with van der Waals surface area (Å²) in [6.07, 6.45) is 0. The number of hydrogen-bond donors (Lipinski definition) is 1. The van der Waals surface area contributed by atoms with Crippen LogP contribution < -0.4 is 17.0 Å². The van der Waals surface area contributed by atoms with Crippen molar-refractivity contribution in [1.29, 1.82) is 0 Å². The van der Waals surface area contributed by atoms with Crippen molar-refractivity contribution in [2.24, 2.45) is 11.1 Å². The summed E-state index contributed by atoms with van der Waals surface area (Å²) < 4.78 is 2.17. The van der Waals surface area contributed by atoms with Gasteiger partial charge < -0.3 is 5.73 Å². The second kappa shape index (κ2) is 4.94. The third-order valence-corrected chi connectivity index (χ3v) is 2.40. The molecule has 2 N–H and O–H groups in total. The maximum absolute atomic E-state index is 11.9. The Morgan fingerprint density at radius 1 is 1.29 bits per heavy atom. The van der Waals surface area contributed by atoms with Gasteiger partial charge in [0.2, 0.25) is 5.69 Å². The van der Waals surface area contributed by atoms with E-state index in [4.69, 9.17) is 5.73 Å². The first-order valence-electron chi connectivity index (χ1n) is 5.40. The van der Waals surface area contributed by atoms with Crippen LogP contribution in [-0.2, 0) is 13.1 Å². The van der Waals surface area contributed by atoms with Gasteiger partial charge in [-0.1, -0.05) is 13.8 Å². The molecule has 0 bridgehead atoms. The van der Waals surface area contributed by atoms with Crippen molar-refractivity contribution in [3.63, 3.8) is 0 Å². The summed E-state index contributed by atoms with van der Waals surface area (Å²) >= 11 is 0. The van der Waals surface area contributed by atoms with Gasteiger partial charge in [0.15, 0.2) is 0 Å². The van der Waals surface area contributed by atoms with Crippen LogP contribution in [0.4, 0.5) is 11.5 Å². The Labute approximate surface area is 97.8 Å². The molecule has 0 atom stereocenters. The molecular formula is C10H16N4O3. The summed E-state index contributed by atoms with van der Waals surface area (Å²) in [6.45, 7) is 5.96. The van der Waals surface area contributed by atoms with Crippen LogP contribution in [0.25, 0.3) is 0 Å². The molecule has 1 aromatic rings. The van der Waals surface area contributed by atoms with Gasteiger partial charge in [-0.05, 0) is 18.0 Å². The lowest BCUT2D eigenvalue weighted by Crippen LogP contribution is -2.41. The van der Waals surface area contributed by atoms with Crippen LogP contribution in [-0.4, -0.2) is 9.13 Å². The van der Waals surface area contributed by atoms with E-state index in [1.165, 1.54) is 4.57 Å². The predicted molar refractivity (Wildman–Crippen MR) is 65.3 cm³/mol. The van der Waals surface area contributed by atoms with Gasteiger partial charge in [-0.15, -0.1) is 4.91 Å². The average Bonchev–Trinajstić information content (AvgIpc) is 2.25. The Kier molecular flexibility index (Phi) is 3.82. The van der Waals surface area contributed by atoms with Gasteiger partial charge in [-0.25, -0.2) is 4.79 Å². The summed E-state index contributed by atoms with van der Waals surface area (Å²) in [5.74, 6) is -0.0636. The second-order valence-corrected chi connectivity index (χ2v) is 4.16. The highest BCUT2D eigenvalue weighted by atomic mass is 16.3. The molecule has 0 aliphatic rings. The fourth-order valence-electron chi connectivity index (χ4n) is 1.62. The minimum atomic E-state index is -0.721. The van der Waals surface area contributed by atoms with Crippen LogP contribution in [0.2, 0.25) is 0 Å². The van der Waals surface area contributed by atoms with Gasteiger partial charge in [0.25, 0.3) is 5.56 Å². The standard InChI is InChI=1S/C10H16N4O3/c1-4-13-8(11)7(12-17)9(15)14(10(13)16)5-6(2)3/h6H,4-5,11H2,1-3H3. The first-order valence-corrected chi connectivity index (χ1v) is 5.40. The fourth-order valence-corrected chi connectivity index (χ4v) is 1.62. The molecule has 0 aromatic carbocycles. The maximum Gasteiger partial charge on any atom is 0.332 e. The molecule has 0 aliphatic heterocycles. The highest BCUT2D eigenvalue weighted by Crippen LogP contribution is 2.13. The lowest BCUT2D eigenvalue weighted by molar-refractivity contribution is 0.475. The van der Waals surface area contributed by atoms with Crippen LogP contribution in [0.1, 0.15) is 20.8 Å². The van der Waals surface area contributed by atoms with Gasteiger partial charge in [0.05, 0.1) is 0 Å². The number of hydrogen-bond acceptors (Lipinski definition) is 5. The van der Waals surface area contributed by atoms with Crippen molar-refractivity contribution in [1.82, 2.24) is 9.13 Å². The highest BCUT2D eigenvalue weighted by molar-refractivity contribution is 5.55. The average molecular weight is 240 g/mol. The smallest absolute Gasteiger partial charge is 0.332 e. The van der Waals surface area contributed by atoms with Crippen LogP contribution in [0.3, 0.4) is 0 Å². The van der Waals surface area contributed by atoms with E-state index >= 15 is 0 Å². The number of rotatable bonds is 4. The predicted octanol–water partition coefficient (Wildman–Crippen LogP) is 0.666. The van der Waals surface area contributed by atoms with Gasteiger partial charge in [0, 0.05) is 13.1 Å². The first kappa shape index (κ1) is 13.1. The summed E-state index contributed by atoms with van der Waals surface area (Å²) in [5.41, 5.74) is 3.94. The van der Waals surface area contributed by atoms with Crippen LogP contribution in [0.5, 0.6) is 0 Å². The number of aromatic nitrogens is 2. The molecule has 1 rings (SSSR count). The van der Waals surface area contributed by atoms with Gasteiger partial charge in [-0.3, -0.25) is 13.9 Å². The quantitative estimate of drug-likeness (QED) is 0.781. The number of nitroso groups, excluding NO2 is 1. The number of nitrogen functional groups attached to an aromatic ring is 1. The van der Waals surface area contributed by atoms with E-state index in [0.717, 1.165) is 4.57 Å². The summed E-state index contributed by atoms with van der Waals surface area (Å²) in [6, 6.07) is 0. The van der Waals surface area contributed by atoms with E-state index in [0.29, 0.717) is 0 Å². The summed E-state index contributed by atoms with van der Waals surface area (Å²) in [4.78, 5) is 34.4. The third-order valence-electron chi connectivity index (χ3n) is 2.40. The molecule has 0 unspecified atom stereocenters. The van der Waals surface area contributed by atoms with Crippen LogP contribution in [0.15, 0.2) is 14.8 Å². The molecular weight excluding hydrogens is 224 g/mol. The first-order chi connectivity index (χ1) is 7.93. The zero-order chi connectivity index (χ0) is 13.2. The largest absolute Gasteiger partial charge is 0.383 e. The minimum absolute atomic E-state index is 0.105. The van der Waals surface area contributed by atoms with E-state index in [1.54, 1.807) is 6.92 Å². The molecule has 0 radical (unpaired) electrons. The SMILES string of the molecule is CCn1c(N)c(N=O)c(=O)n(CC(C)C)c1=O. The molecule has 7 heteroatoms. The second-order valence-electron chi connectivity index (χ2n) is 4.16. The van der Waals surface area contributed by atoms with Gasteiger partial charge >= 0.3 is 5.69 Å². The Morgan fingerprint density at radius 3 is 2.29 bits per heavy atom. The van der Waals surface area contributed by atoms with Gasteiger partial charge in [0.1, 0.15) is 5.82 Å². The Bertz CT molecular complexity index is 542. The molecule has 0 spiro atoms. The molecule has 0 fully saturated rings. The molecule has 0 saturated carbocycles. The Balaban J connectivity index is 3.66. The Hall–Kier alpha value is -1.92. The van der Waals surface area contributed by atoms with E-state index in [2.05, 4.69) is 5.18 Å². The number of nitrogens with two attached hydrogens (primary N) is 1. The zero-order valence-electron chi connectivity index (χ0n) is 10.1. The van der Waals surface area contributed by atoms with Crippen LogP contribution in [0, 0.1) is 10.8 Å². The molecule has 94 valence electrons. The van der Waals surface area contributed by atoms with Crippen molar-refractivity contribution in [3.05, 3.63) is 25.7 Å². The number of anilines is 1. The third kappa shape index (κ3) is 2.27. The molecule has 7 nitrogen and oxygen atoms in total. The molecule has 0 saturated heterocycles. The Morgan fingerprint density at radius 2 is 1.88 bits per heavy atom. The zero-order valence-corrected chi connectivity index (χ0v) is 10.1. The van der Waals surface area contributed by atoms with Crippen molar-refractivity contribution >= 4 is 11.5 Å². The van der Waals surface area contributed by atoms with Gasteiger partial charge in [-0.2, -0.15) is 0 Å². The van der Waals surface area contributed by atoms with Crippen molar-refractivity contribution < 1.29 is 0 Å². The minimum Gasteiger partial charge on any atom is -0.383 e. The van der Waals surface area contributed by atoms with E-state index in [-0.39, 0.29) is 24.8 Å². The monoisotopic (exact) mass is 240 g/mol. The van der Waals surface area contributed by atoms with Crippen molar-refractivity contribution in [3.8, 4) is 0 Å². The molecule has 0 amide bonds. The number of nitrogens with zero attached hydrogens (tertiary/aromatic N) is 3. The van der Waals surface area contributed by atoms with Crippen LogP contribution >= 0.6 is 0 Å². The molecule has 1 aromatic heterocycles. The van der Waals surface area contributed by atoms with Crippen molar-refractivity contribution in [2.75, 3.05) is 5.73 Å². The normalized spacial score (nSPS) is 10.8. The molecule has 0 aliphatic carbocycles. The fraction of sp³-hybridized carbons (Fsp3) is 0.600.